The summed E-state index contributed by atoms with van der Waals surface area (Å²) in [5.74, 6) is 0. The van der Waals surface area contributed by atoms with E-state index in [9.17, 15) is 0 Å². The van der Waals surface area contributed by atoms with Gasteiger partial charge < -0.3 is 9.72 Å². The summed E-state index contributed by atoms with van der Waals surface area (Å²) in [5, 5.41) is 0. The summed E-state index contributed by atoms with van der Waals surface area (Å²) < 4.78 is 4.96. The quantitative estimate of drug-likeness (QED) is 0.692. The minimum atomic E-state index is 0.529. The number of ether oxygens (including phenoxy) is 1. The maximum Gasteiger partial charge on any atom is 0.294 e. The third kappa shape index (κ3) is 0.942. The van der Waals surface area contributed by atoms with Gasteiger partial charge in [-0.1, -0.05) is 12.1 Å². The Kier molecular flexibility index (Phi) is 1.50. The van der Waals surface area contributed by atoms with Gasteiger partial charge in [-0.25, -0.2) is 0 Å². The van der Waals surface area contributed by atoms with Crippen LogP contribution in [0, 0.1) is 6.92 Å². The molecule has 1 aromatic carbocycles. The number of benzene rings is 1. The predicted molar refractivity (Wildman–Crippen MR) is 47.1 cm³/mol. The summed E-state index contributed by atoms with van der Waals surface area (Å²) in [6.07, 6.45) is 0. The normalized spacial score (nSPS) is 10.5. The number of methoxy groups -OCH3 is 1. The number of para-hydroxylation sites is 1. The summed E-state index contributed by atoms with van der Waals surface area (Å²) in [5.41, 5.74) is 2.74. The van der Waals surface area contributed by atoms with Crippen LogP contribution in [0.1, 0.15) is 5.56 Å². The van der Waals surface area contributed by atoms with Gasteiger partial charge in [-0.05, 0) is 18.6 Å². The number of nitrogens with zero attached hydrogens (tertiary/aromatic N) is 1. The van der Waals surface area contributed by atoms with Crippen molar-refractivity contribution < 1.29 is 4.74 Å². The van der Waals surface area contributed by atoms with E-state index < -0.39 is 0 Å². The number of hydrogen-bond acceptors (Lipinski definition) is 2. The van der Waals surface area contributed by atoms with E-state index in [4.69, 9.17) is 4.74 Å². The SMILES string of the molecule is [CH2]c1cccc2[nH]c(OC)nc12. The molecule has 12 heavy (non-hydrogen) atoms. The smallest absolute Gasteiger partial charge is 0.294 e. The molecule has 0 saturated heterocycles. The molecule has 1 N–H and O–H groups in total. The summed E-state index contributed by atoms with van der Waals surface area (Å²) in [6.45, 7) is 3.86. The number of aromatic amines is 1. The van der Waals surface area contributed by atoms with Crippen molar-refractivity contribution in [3.8, 4) is 6.01 Å². The Labute approximate surface area is 70.4 Å². The van der Waals surface area contributed by atoms with Crippen molar-refractivity contribution in [2.45, 2.75) is 0 Å². The fraction of sp³-hybridized carbons (Fsp3) is 0.111. The number of hydrogen-bond donors (Lipinski definition) is 1. The number of nitrogens with one attached hydrogen (secondary N) is 1. The molecule has 1 aromatic heterocycles. The van der Waals surface area contributed by atoms with Crippen LogP contribution >= 0.6 is 0 Å². The molecule has 1 heterocycles. The second-order valence-corrected chi connectivity index (χ2v) is 2.56. The Morgan fingerprint density at radius 1 is 1.50 bits per heavy atom. The van der Waals surface area contributed by atoms with Crippen molar-refractivity contribution in [2.75, 3.05) is 7.11 Å². The standard InChI is InChI=1S/C9H9N2O/c1-6-4-3-5-7-8(6)11-9(10-7)12-2/h3-5H,1H2,2H3,(H,10,11). The van der Waals surface area contributed by atoms with E-state index >= 15 is 0 Å². The highest BCUT2D eigenvalue weighted by atomic mass is 16.5. The van der Waals surface area contributed by atoms with E-state index in [1.165, 1.54) is 0 Å². The van der Waals surface area contributed by atoms with Gasteiger partial charge in [0.1, 0.15) is 0 Å². The zero-order chi connectivity index (χ0) is 8.55. The van der Waals surface area contributed by atoms with Crippen LogP contribution in [0.15, 0.2) is 18.2 Å². The van der Waals surface area contributed by atoms with Crippen LogP contribution in [0.2, 0.25) is 0 Å². The van der Waals surface area contributed by atoms with E-state index in [1.807, 2.05) is 18.2 Å². The first kappa shape index (κ1) is 7.16. The summed E-state index contributed by atoms with van der Waals surface area (Å²) in [4.78, 5) is 7.20. The van der Waals surface area contributed by atoms with Crippen molar-refractivity contribution >= 4 is 11.0 Å². The van der Waals surface area contributed by atoms with Crippen LogP contribution < -0.4 is 4.74 Å². The monoisotopic (exact) mass is 161 g/mol. The average molecular weight is 161 g/mol. The van der Waals surface area contributed by atoms with Crippen LogP contribution in [-0.4, -0.2) is 17.1 Å². The molecule has 0 amide bonds. The molecule has 0 aliphatic rings. The highest BCUT2D eigenvalue weighted by molar-refractivity contribution is 5.79. The first-order chi connectivity index (χ1) is 5.81. The summed E-state index contributed by atoms with van der Waals surface area (Å²) in [7, 11) is 1.58. The molecule has 0 aliphatic heterocycles. The van der Waals surface area contributed by atoms with Crippen LogP contribution in [-0.2, 0) is 0 Å². The second-order valence-electron chi connectivity index (χ2n) is 2.56. The van der Waals surface area contributed by atoms with Gasteiger partial charge in [-0.3, -0.25) is 0 Å². The van der Waals surface area contributed by atoms with Gasteiger partial charge in [0.15, 0.2) is 0 Å². The lowest BCUT2D eigenvalue weighted by molar-refractivity contribution is 0.386. The van der Waals surface area contributed by atoms with E-state index in [-0.39, 0.29) is 0 Å². The number of imidazole rings is 1. The maximum absolute atomic E-state index is 4.96. The minimum absolute atomic E-state index is 0.529. The van der Waals surface area contributed by atoms with E-state index in [0.29, 0.717) is 6.01 Å². The average Bonchev–Trinajstić information content (AvgIpc) is 2.49. The van der Waals surface area contributed by atoms with Crippen LogP contribution in [0.4, 0.5) is 0 Å². The zero-order valence-corrected chi connectivity index (χ0v) is 6.79. The Bertz CT molecular complexity index is 406. The largest absolute Gasteiger partial charge is 0.468 e. The molecule has 0 unspecified atom stereocenters. The molecule has 0 bridgehead atoms. The number of H-pyrrole nitrogens is 1. The first-order valence-electron chi connectivity index (χ1n) is 3.66. The lowest BCUT2D eigenvalue weighted by Gasteiger charge is -1.89. The number of fused-ring (bicyclic) bond motifs is 1. The molecule has 3 heteroatoms. The Balaban J connectivity index is 2.74. The zero-order valence-electron chi connectivity index (χ0n) is 6.79. The molecule has 0 saturated carbocycles. The molecule has 0 aliphatic carbocycles. The second kappa shape index (κ2) is 2.52. The molecule has 2 aromatic rings. The van der Waals surface area contributed by atoms with Crippen LogP contribution in [0.3, 0.4) is 0 Å². The third-order valence-corrected chi connectivity index (χ3v) is 1.77. The van der Waals surface area contributed by atoms with Crippen molar-refractivity contribution in [3.05, 3.63) is 30.7 Å². The Hall–Kier alpha value is -1.51. The van der Waals surface area contributed by atoms with Gasteiger partial charge in [0.2, 0.25) is 0 Å². The Morgan fingerprint density at radius 3 is 3.00 bits per heavy atom. The highest BCUT2D eigenvalue weighted by Gasteiger charge is 2.02. The van der Waals surface area contributed by atoms with Crippen molar-refractivity contribution in [1.82, 2.24) is 9.97 Å². The van der Waals surface area contributed by atoms with Crippen molar-refractivity contribution in [1.29, 1.82) is 0 Å². The molecule has 0 atom stereocenters. The van der Waals surface area contributed by atoms with E-state index in [1.54, 1.807) is 7.11 Å². The van der Waals surface area contributed by atoms with Crippen LogP contribution in [0.25, 0.3) is 11.0 Å². The topological polar surface area (TPSA) is 37.9 Å². The highest BCUT2D eigenvalue weighted by Crippen LogP contribution is 2.18. The van der Waals surface area contributed by atoms with Gasteiger partial charge in [0, 0.05) is 0 Å². The number of aromatic nitrogens is 2. The van der Waals surface area contributed by atoms with Crippen molar-refractivity contribution in [3.63, 3.8) is 0 Å². The molecule has 0 fully saturated rings. The molecular weight excluding hydrogens is 152 g/mol. The maximum atomic E-state index is 4.96. The molecule has 1 radical (unpaired) electrons. The molecular formula is C9H9N2O. The van der Waals surface area contributed by atoms with Gasteiger partial charge in [0.05, 0.1) is 18.1 Å². The van der Waals surface area contributed by atoms with Gasteiger partial charge in [0.25, 0.3) is 6.01 Å². The van der Waals surface area contributed by atoms with Crippen LogP contribution in [0.5, 0.6) is 6.01 Å². The fourth-order valence-electron chi connectivity index (χ4n) is 1.17. The molecule has 2 rings (SSSR count). The minimum Gasteiger partial charge on any atom is -0.468 e. The molecule has 3 nitrogen and oxygen atoms in total. The lowest BCUT2D eigenvalue weighted by Crippen LogP contribution is -1.82. The first-order valence-corrected chi connectivity index (χ1v) is 3.66. The van der Waals surface area contributed by atoms with Crippen molar-refractivity contribution in [2.24, 2.45) is 0 Å². The fourth-order valence-corrected chi connectivity index (χ4v) is 1.17. The van der Waals surface area contributed by atoms with Gasteiger partial charge in [-0.15, -0.1) is 0 Å². The van der Waals surface area contributed by atoms with E-state index in [2.05, 4.69) is 16.9 Å². The number of rotatable bonds is 1. The summed E-state index contributed by atoms with van der Waals surface area (Å²) >= 11 is 0. The lowest BCUT2D eigenvalue weighted by atomic mass is 10.2. The molecule has 0 spiro atoms. The van der Waals surface area contributed by atoms with Gasteiger partial charge >= 0.3 is 0 Å². The van der Waals surface area contributed by atoms with E-state index in [0.717, 1.165) is 16.6 Å². The third-order valence-electron chi connectivity index (χ3n) is 1.77. The molecule has 61 valence electrons. The Morgan fingerprint density at radius 2 is 2.33 bits per heavy atom. The van der Waals surface area contributed by atoms with Gasteiger partial charge in [-0.2, -0.15) is 4.98 Å². The summed E-state index contributed by atoms with van der Waals surface area (Å²) in [6, 6.07) is 6.32. The predicted octanol–water partition coefficient (Wildman–Crippen LogP) is 1.75.